The van der Waals surface area contributed by atoms with Crippen LogP contribution >= 0.6 is 24.0 Å². The van der Waals surface area contributed by atoms with E-state index >= 15 is 0 Å². The maximum atomic E-state index is 13.5. The van der Waals surface area contributed by atoms with Crippen LogP contribution in [0.25, 0.3) is 0 Å². The molecule has 1 aromatic carbocycles. The molecule has 1 unspecified atom stereocenters. The van der Waals surface area contributed by atoms with Crippen LogP contribution in [0.2, 0.25) is 0 Å². The number of rotatable bonds is 6. The lowest BCUT2D eigenvalue weighted by atomic mass is 10.1. The van der Waals surface area contributed by atoms with Crippen LogP contribution in [0.1, 0.15) is 17.4 Å². The fourth-order valence-corrected chi connectivity index (χ4v) is 2.37. The highest BCUT2D eigenvalue weighted by molar-refractivity contribution is 14.0. The number of hydrogen-bond acceptors (Lipinski definition) is 4. The first-order chi connectivity index (χ1) is 11.5. The summed E-state index contributed by atoms with van der Waals surface area (Å²) in [6, 6.07) is 6.68. The molecule has 0 amide bonds. The molecule has 2 aromatic rings. The van der Waals surface area contributed by atoms with Gasteiger partial charge in [-0.1, -0.05) is 12.1 Å². The van der Waals surface area contributed by atoms with E-state index in [2.05, 4.69) is 25.7 Å². The molecule has 2 rings (SSSR count). The molecule has 138 valence electrons. The first-order valence-corrected chi connectivity index (χ1v) is 7.70. The van der Waals surface area contributed by atoms with Crippen LogP contribution in [0.3, 0.4) is 0 Å². The third kappa shape index (κ3) is 6.24. The van der Waals surface area contributed by atoms with E-state index in [-0.39, 0.29) is 35.8 Å². The summed E-state index contributed by atoms with van der Waals surface area (Å²) >= 11 is 0. The zero-order valence-electron chi connectivity index (χ0n) is 14.9. The standard InChI is InChI=1S/C16H24FN7.HI/c1-18-16(20-10-15-21-11-22-24(15)4)19-9-14(23(2)3)12-6-5-7-13(17)8-12;/h5-8,11,14H,9-10H2,1-4H3,(H2,18,19,20);1H. The van der Waals surface area contributed by atoms with Gasteiger partial charge in [-0.3, -0.25) is 9.67 Å². The molecule has 1 atom stereocenters. The van der Waals surface area contributed by atoms with Gasteiger partial charge in [0, 0.05) is 20.6 Å². The Labute approximate surface area is 164 Å². The minimum absolute atomic E-state index is 0. The van der Waals surface area contributed by atoms with E-state index in [0.29, 0.717) is 19.0 Å². The minimum atomic E-state index is -0.232. The van der Waals surface area contributed by atoms with Crippen LogP contribution in [0.15, 0.2) is 35.6 Å². The number of aliphatic imine (C=N–C) groups is 1. The van der Waals surface area contributed by atoms with Crippen LogP contribution in [-0.4, -0.2) is 53.3 Å². The molecule has 0 aliphatic heterocycles. The van der Waals surface area contributed by atoms with Gasteiger partial charge in [0.1, 0.15) is 18.0 Å². The second kappa shape index (κ2) is 10.3. The normalized spacial score (nSPS) is 12.6. The second-order valence-corrected chi connectivity index (χ2v) is 5.64. The van der Waals surface area contributed by atoms with Gasteiger partial charge in [0.2, 0.25) is 0 Å². The molecule has 0 radical (unpaired) electrons. The smallest absolute Gasteiger partial charge is 0.191 e. The Bertz CT molecular complexity index is 687. The number of benzene rings is 1. The van der Waals surface area contributed by atoms with Gasteiger partial charge in [0.05, 0.1) is 12.6 Å². The van der Waals surface area contributed by atoms with Gasteiger partial charge in [-0.25, -0.2) is 9.37 Å². The Morgan fingerprint density at radius 2 is 2.12 bits per heavy atom. The molecule has 25 heavy (non-hydrogen) atoms. The predicted molar refractivity (Wildman–Crippen MR) is 107 cm³/mol. The van der Waals surface area contributed by atoms with Crippen molar-refractivity contribution in [3.63, 3.8) is 0 Å². The number of nitrogens with zero attached hydrogens (tertiary/aromatic N) is 5. The summed E-state index contributed by atoms with van der Waals surface area (Å²) in [6.45, 7) is 1.11. The monoisotopic (exact) mass is 461 g/mol. The second-order valence-electron chi connectivity index (χ2n) is 5.64. The van der Waals surface area contributed by atoms with E-state index in [4.69, 9.17) is 0 Å². The van der Waals surface area contributed by atoms with Gasteiger partial charge in [-0.2, -0.15) is 5.10 Å². The van der Waals surface area contributed by atoms with Gasteiger partial charge in [-0.15, -0.1) is 24.0 Å². The number of guanidine groups is 1. The molecular formula is C16H25FIN7. The maximum absolute atomic E-state index is 13.5. The molecule has 0 saturated heterocycles. The lowest BCUT2D eigenvalue weighted by Crippen LogP contribution is -2.41. The fraction of sp³-hybridized carbons (Fsp3) is 0.438. The number of halogens is 2. The van der Waals surface area contributed by atoms with Crippen molar-refractivity contribution in [3.05, 3.63) is 47.8 Å². The lowest BCUT2D eigenvalue weighted by molar-refractivity contribution is 0.297. The van der Waals surface area contributed by atoms with Gasteiger partial charge in [0.25, 0.3) is 0 Å². The Hall–Kier alpha value is -1.75. The minimum Gasteiger partial charge on any atom is -0.354 e. The topological polar surface area (TPSA) is 70.4 Å². The summed E-state index contributed by atoms with van der Waals surface area (Å²) in [6.07, 6.45) is 1.51. The van der Waals surface area contributed by atoms with Crippen molar-refractivity contribution in [1.82, 2.24) is 30.3 Å². The summed E-state index contributed by atoms with van der Waals surface area (Å²) in [7, 11) is 7.48. The van der Waals surface area contributed by atoms with Gasteiger partial charge in [0.15, 0.2) is 5.96 Å². The van der Waals surface area contributed by atoms with Crippen molar-refractivity contribution < 1.29 is 4.39 Å². The summed E-state index contributed by atoms with van der Waals surface area (Å²) in [5.41, 5.74) is 0.913. The van der Waals surface area contributed by atoms with Crippen LogP contribution in [-0.2, 0) is 13.6 Å². The van der Waals surface area contributed by atoms with E-state index in [1.807, 2.05) is 32.1 Å². The van der Waals surface area contributed by atoms with Crippen molar-refractivity contribution in [2.45, 2.75) is 12.6 Å². The number of nitrogens with one attached hydrogen (secondary N) is 2. The van der Waals surface area contributed by atoms with Crippen LogP contribution in [0.4, 0.5) is 4.39 Å². The lowest BCUT2D eigenvalue weighted by Gasteiger charge is -2.26. The highest BCUT2D eigenvalue weighted by Gasteiger charge is 2.15. The average Bonchev–Trinajstić information content (AvgIpc) is 2.95. The third-order valence-corrected chi connectivity index (χ3v) is 3.76. The zero-order valence-corrected chi connectivity index (χ0v) is 17.2. The van der Waals surface area contributed by atoms with E-state index in [9.17, 15) is 4.39 Å². The van der Waals surface area contributed by atoms with Crippen molar-refractivity contribution in [2.24, 2.45) is 12.0 Å². The van der Waals surface area contributed by atoms with Crippen LogP contribution in [0.5, 0.6) is 0 Å². The Kier molecular flexibility index (Phi) is 8.76. The van der Waals surface area contributed by atoms with E-state index in [0.717, 1.165) is 11.4 Å². The summed E-state index contributed by atoms with van der Waals surface area (Å²) in [5.74, 6) is 1.23. The Morgan fingerprint density at radius 3 is 2.68 bits per heavy atom. The highest BCUT2D eigenvalue weighted by Crippen LogP contribution is 2.18. The number of hydrogen-bond donors (Lipinski definition) is 2. The molecule has 9 heteroatoms. The summed E-state index contributed by atoms with van der Waals surface area (Å²) in [4.78, 5) is 10.4. The van der Waals surface area contributed by atoms with Gasteiger partial charge >= 0.3 is 0 Å². The van der Waals surface area contributed by atoms with Crippen molar-refractivity contribution in [2.75, 3.05) is 27.7 Å². The first-order valence-electron chi connectivity index (χ1n) is 7.70. The molecule has 2 N–H and O–H groups in total. The molecule has 1 heterocycles. The molecule has 0 aliphatic carbocycles. The average molecular weight is 461 g/mol. The third-order valence-electron chi connectivity index (χ3n) is 3.76. The molecule has 1 aromatic heterocycles. The molecule has 0 spiro atoms. The Balaban J connectivity index is 0.00000312. The fourth-order valence-electron chi connectivity index (χ4n) is 2.37. The molecule has 0 bridgehead atoms. The maximum Gasteiger partial charge on any atom is 0.191 e. The molecule has 0 aliphatic rings. The molecule has 0 saturated carbocycles. The largest absolute Gasteiger partial charge is 0.354 e. The summed E-state index contributed by atoms with van der Waals surface area (Å²) < 4.78 is 15.2. The number of aromatic nitrogens is 3. The number of likely N-dealkylation sites (N-methyl/N-ethyl adjacent to an activating group) is 1. The van der Waals surface area contributed by atoms with Crippen molar-refractivity contribution in [3.8, 4) is 0 Å². The quantitative estimate of drug-likeness (QED) is 0.388. The van der Waals surface area contributed by atoms with Crippen molar-refractivity contribution >= 4 is 29.9 Å². The zero-order chi connectivity index (χ0) is 17.5. The van der Waals surface area contributed by atoms with E-state index in [1.54, 1.807) is 23.9 Å². The highest BCUT2D eigenvalue weighted by atomic mass is 127. The van der Waals surface area contributed by atoms with Crippen molar-refractivity contribution in [1.29, 1.82) is 0 Å². The first kappa shape index (κ1) is 21.3. The van der Waals surface area contributed by atoms with E-state index < -0.39 is 0 Å². The Morgan fingerprint density at radius 1 is 1.36 bits per heavy atom. The van der Waals surface area contributed by atoms with Crippen LogP contribution < -0.4 is 10.6 Å². The molecule has 0 fully saturated rings. The molecular weight excluding hydrogens is 436 g/mol. The number of aryl methyl sites for hydroxylation is 1. The summed E-state index contributed by atoms with van der Waals surface area (Å²) in [5, 5.41) is 10.5. The SMILES string of the molecule is CN=C(NCc1ncnn1C)NCC(c1cccc(F)c1)N(C)C.I. The van der Waals surface area contributed by atoms with Crippen LogP contribution in [0, 0.1) is 5.82 Å². The van der Waals surface area contributed by atoms with Gasteiger partial charge < -0.3 is 15.5 Å². The molecule has 7 nitrogen and oxygen atoms in total. The van der Waals surface area contributed by atoms with E-state index in [1.165, 1.54) is 12.4 Å². The predicted octanol–water partition coefficient (Wildman–Crippen LogP) is 1.54. The van der Waals surface area contributed by atoms with Gasteiger partial charge in [-0.05, 0) is 31.8 Å².